The van der Waals surface area contributed by atoms with E-state index in [-0.39, 0.29) is 0 Å². The molecule has 7 heteroatoms. The van der Waals surface area contributed by atoms with Gasteiger partial charge in [0, 0.05) is 17.3 Å². The number of rotatable bonds is 4. The Morgan fingerprint density at radius 2 is 1.83 bits per heavy atom. The van der Waals surface area contributed by atoms with Gasteiger partial charge < -0.3 is 4.74 Å². The number of hydrogen-bond donors (Lipinski definition) is 0. The summed E-state index contributed by atoms with van der Waals surface area (Å²) in [4.78, 5) is 16.1. The number of pyridine rings is 1. The summed E-state index contributed by atoms with van der Waals surface area (Å²) in [6.45, 7) is 0. The molecule has 23 heavy (non-hydrogen) atoms. The lowest BCUT2D eigenvalue weighted by Gasteiger charge is -2.10. The molecule has 0 amide bonds. The van der Waals surface area contributed by atoms with Crippen LogP contribution in [0.4, 0.5) is 13.2 Å². The summed E-state index contributed by atoms with van der Waals surface area (Å²) < 4.78 is 42.5. The van der Waals surface area contributed by atoms with Crippen molar-refractivity contribution in [1.82, 2.24) is 4.98 Å². The zero-order chi connectivity index (χ0) is 17.0. The summed E-state index contributed by atoms with van der Waals surface area (Å²) in [5, 5.41) is 0.598. The Labute approximate surface area is 139 Å². The fourth-order valence-corrected chi connectivity index (χ4v) is 2.44. The molecule has 0 radical (unpaired) electrons. The fraction of sp³-hybridized carbons (Fsp3) is 0.250. The van der Waals surface area contributed by atoms with E-state index in [9.17, 15) is 18.0 Å². The second-order valence-corrected chi connectivity index (χ2v) is 5.49. The molecule has 2 aromatic rings. The van der Waals surface area contributed by atoms with E-state index in [1.165, 1.54) is 19.2 Å². The normalized spacial score (nSPS) is 11.3. The van der Waals surface area contributed by atoms with Gasteiger partial charge in [0.05, 0.1) is 29.6 Å². The molecule has 0 aliphatic carbocycles. The van der Waals surface area contributed by atoms with Crippen molar-refractivity contribution in [3.63, 3.8) is 0 Å². The number of nitrogens with zero attached hydrogens (tertiary/aromatic N) is 1. The van der Waals surface area contributed by atoms with Gasteiger partial charge in [0.1, 0.15) is 0 Å². The highest BCUT2D eigenvalue weighted by Crippen LogP contribution is 2.30. The lowest BCUT2D eigenvalue weighted by atomic mass is 10.1. The van der Waals surface area contributed by atoms with Crippen LogP contribution in [0.25, 0.3) is 11.3 Å². The number of methoxy groups -OCH3 is 1. The number of benzene rings is 1. The molecule has 1 aromatic carbocycles. The van der Waals surface area contributed by atoms with Crippen molar-refractivity contribution in [3.8, 4) is 11.3 Å². The van der Waals surface area contributed by atoms with Gasteiger partial charge in [-0.2, -0.15) is 13.2 Å². The minimum atomic E-state index is -4.37. The minimum Gasteiger partial charge on any atom is -0.465 e. The first-order valence-electron chi connectivity index (χ1n) is 6.68. The van der Waals surface area contributed by atoms with Crippen molar-refractivity contribution in [3.05, 3.63) is 53.2 Å². The predicted molar refractivity (Wildman–Crippen MR) is 83.5 cm³/mol. The molecule has 0 atom stereocenters. The van der Waals surface area contributed by atoms with Gasteiger partial charge in [0.2, 0.25) is 0 Å². The number of esters is 1. The van der Waals surface area contributed by atoms with Gasteiger partial charge in [0.15, 0.2) is 0 Å². The molecular formula is C16H13BrF3NO2. The molecule has 0 N–H and O–H groups in total. The maximum Gasteiger partial charge on any atom is 0.416 e. The van der Waals surface area contributed by atoms with Gasteiger partial charge in [-0.1, -0.05) is 28.1 Å². The first kappa shape index (κ1) is 17.5. The monoisotopic (exact) mass is 387 g/mol. The quantitative estimate of drug-likeness (QED) is 0.572. The van der Waals surface area contributed by atoms with E-state index in [0.29, 0.717) is 34.3 Å². The van der Waals surface area contributed by atoms with Crippen LogP contribution in [0, 0.1) is 0 Å². The summed E-state index contributed by atoms with van der Waals surface area (Å²) >= 11 is 3.29. The van der Waals surface area contributed by atoms with Gasteiger partial charge in [-0.3, -0.25) is 4.98 Å². The zero-order valence-corrected chi connectivity index (χ0v) is 13.7. The average Bonchev–Trinajstić information content (AvgIpc) is 2.54. The second-order valence-electron chi connectivity index (χ2n) is 4.70. The van der Waals surface area contributed by atoms with Crippen molar-refractivity contribution in [2.45, 2.75) is 12.6 Å². The maximum atomic E-state index is 12.6. The topological polar surface area (TPSA) is 39.2 Å². The molecule has 0 unspecified atom stereocenters. The Hall–Kier alpha value is -1.89. The molecule has 0 fully saturated rings. The Balaban J connectivity index is 2.40. The van der Waals surface area contributed by atoms with Crippen LogP contribution in [0.2, 0.25) is 0 Å². The van der Waals surface area contributed by atoms with E-state index in [1.54, 1.807) is 12.1 Å². The van der Waals surface area contributed by atoms with Gasteiger partial charge in [0.25, 0.3) is 0 Å². The number of carbonyl (C=O) groups is 1. The minimum absolute atomic E-state index is 0.350. The molecule has 3 nitrogen and oxygen atoms in total. The summed E-state index contributed by atoms with van der Waals surface area (Å²) in [5.41, 5.74) is 1.22. The fourth-order valence-electron chi connectivity index (χ4n) is 2.07. The highest BCUT2D eigenvalue weighted by molar-refractivity contribution is 9.09. The molecule has 0 spiro atoms. The van der Waals surface area contributed by atoms with Crippen LogP contribution in [0.1, 0.15) is 21.6 Å². The first-order valence-corrected chi connectivity index (χ1v) is 7.80. The van der Waals surface area contributed by atoms with Crippen LogP contribution < -0.4 is 0 Å². The lowest BCUT2D eigenvalue weighted by Crippen LogP contribution is -2.09. The van der Waals surface area contributed by atoms with Gasteiger partial charge in [-0.05, 0) is 24.3 Å². The van der Waals surface area contributed by atoms with Crippen molar-refractivity contribution in [2.75, 3.05) is 12.4 Å². The number of halogens is 4. The molecule has 0 aliphatic rings. The van der Waals surface area contributed by atoms with E-state index in [1.807, 2.05) is 0 Å². The van der Waals surface area contributed by atoms with Crippen molar-refractivity contribution in [2.24, 2.45) is 0 Å². The van der Waals surface area contributed by atoms with Crippen LogP contribution in [0.5, 0.6) is 0 Å². The van der Waals surface area contributed by atoms with Crippen LogP contribution in [0.15, 0.2) is 36.4 Å². The van der Waals surface area contributed by atoms with Crippen LogP contribution in [-0.4, -0.2) is 23.4 Å². The van der Waals surface area contributed by atoms with E-state index in [0.717, 1.165) is 12.1 Å². The number of alkyl halides is 4. The molecule has 0 saturated heterocycles. The standard InChI is InChI=1S/C16H13BrF3NO2/c1-23-15(22)12-6-7-13(21-14(12)8-9-17)10-2-4-11(5-3-10)16(18,19)20/h2-7H,8-9H2,1H3. The van der Waals surface area contributed by atoms with Crippen molar-refractivity contribution >= 4 is 21.9 Å². The highest BCUT2D eigenvalue weighted by atomic mass is 79.9. The van der Waals surface area contributed by atoms with Gasteiger partial charge in [-0.15, -0.1) is 0 Å². The summed E-state index contributed by atoms with van der Waals surface area (Å²) in [7, 11) is 1.28. The van der Waals surface area contributed by atoms with E-state index in [2.05, 4.69) is 20.9 Å². The Bertz CT molecular complexity index is 699. The SMILES string of the molecule is COC(=O)c1ccc(-c2ccc(C(F)(F)F)cc2)nc1CCBr. The zero-order valence-electron chi connectivity index (χ0n) is 12.2. The van der Waals surface area contributed by atoms with Crippen LogP contribution in [0.3, 0.4) is 0 Å². The number of aromatic nitrogens is 1. The third kappa shape index (κ3) is 4.10. The molecule has 0 saturated carbocycles. The molecule has 0 aliphatic heterocycles. The van der Waals surface area contributed by atoms with E-state index in [4.69, 9.17) is 4.74 Å². The third-order valence-electron chi connectivity index (χ3n) is 3.22. The molecular weight excluding hydrogens is 375 g/mol. The molecule has 1 aromatic heterocycles. The predicted octanol–water partition coefficient (Wildman–Crippen LogP) is 4.49. The van der Waals surface area contributed by atoms with Gasteiger partial charge >= 0.3 is 12.1 Å². The number of carbonyl (C=O) groups excluding carboxylic acids is 1. The van der Waals surface area contributed by atoms with Crippen molar-refractivity contribution < 1.29 is 22.7 Å². The summed E-state index contributed by atoms with van der Waals surface area (Å²) in [6, 6.07) is 7.91. The van der Waals surface area contributed by atoms with Crippen molar-refractivity contribution in [1.29, 1.82) is 0 Å². The Morgan fingerprint density at radius 1 is 1.17 bits per heavy atom. The highest BCUT2D eigenvalue weighted by Gasteiger charge is 2.30. The summed E-state index contributed by atoms with van der Waals surface area (Å²) in [6.07, 6.45) is -3.87. The van der Waals surface area contributed by atoms with Crippen LogP contribution >= 0.6 is 15.9 Å². The summed E-state index contributed by atoms with van der Waals surface area (Å²) in [5.74, 6) is -0.493. The number of aryl methyl sites for hydroxylation is 1. The number of ether oxygens (including phenoxy) is 1. The average molecular weight is 388 g/mol. The molecule has 122 valence electrons. The largest absolute Gasteiger partial charge is 0.465 e. The van der Waals surface area contributed by atoms with E-state index < -0.39 is 17.7 Å². The number of hydrogen-bond acceptors (Lipinski definition) is 3. The molecule has 1 heterocycles. The lowest BCUT2D eigenvalue weighted by molar-refractivity contribution is -0.137. The van der Waals surface area contributed by atoms with Gasteiger partial charge in [-0.25, -0.2) is 4.79 Å². The Kier molecular flexibility index (Phi) is 5.41. The maximum absolute atomic E-state index is 12.6. The second kappa shape index (κ2) is 7.12. The molecule has 2 rings (SSSR count). The first-order chi connectivity index (χ1) is 10.9. The molecule has 0 bridgehead atoms. The van der Waals surface area contributed by atoms with Crippen LogP contribution in [-0.2, 0) is 17.3 Å². The third-order valence-corrected chi connectivity index (χ3v) is 3.62. The Morgan fingerprint density at radius 3 is 2.35 bits per heavy atom. The smallest absolute Gasteiger partial charge is 0.416 e. The van der Waals surface area contributed by atoms with E-state index >= 15 is 0 Å².